The Bertz CT molecular complexity index is 839. The van der Waals surface area contributed by atoms with Crippen LogP contribution in [-0.4, -0.2) is 49.4 Å². The molecule has 0 bridgehead atoms. The number of carbonyl (C=O) groups excluding carboxylic acids is 2. The van der Waals surface area contributed by atoms with Crippen LogP contribution < -0.4 is 10.7 Å². The number of nitrogens with zero attached hydrogens (tertiary/aromatic N) is 1. The molecule has 1 amide bonds. The van der Waals surface area contributed by atoms with Crippen molar-refractivity contribution in [1.29, 1.82) is 0 Å². The Morgan fingerprint density at radius 1 is 1.38 bits per heavy atom. The molecule has 7 nitrogen and oxygen atoms in total. The Kier molecular flexibility index (Phi) is 5.35. The number of nitrogens with one attached hydrogen (secondary N) is 1. The Balaban J connectivity index is 2.35. The second-order valence-electron chi connectivity index (χ2n) is 5.79. The van der Waals surface area contributed by atoms with Gasteiger partial charge in [-0.2, -0.15) is 0 Å². The Labute approximate surface area is 138 Å². The summed E-state index contributed by atoms with van der Waals surface area (Å²) in [4.78, 5) is 37.6. The summed E-state index contributed by atoms with van der Waals surface area (Å²) in [5.74, 6) is -0.279. The fourth-order valence-corrected chi connectivity index (χ4v) is 2.38. The number of aryl methyl sites for hydroxylation is 1. The van der Waals surface area contributed by atoms with Crippen LogP contribution in [0.3, 0.4) is 0 Å². The standard InChI is InChI=1S/C17H20N2O5/c1-10-12(8-15(22)18-6-7-19(2)3)16(23)11-4-5-14(21)13(9-20)17(11)24-10/h4-5,9,21H,6-8H2,1-3H3,(H,18,22). The lowest BCUT2D eigenvalue weighted by molar-refractivity contribution is -0.120. The second kappa shape index (κ2) is 7.27. The molecule has 0 radical (unpaired) electrons. The molecule has 2 aromatic rings. The normalized spacial score (nSPS) is 11.0. The number of fused-ring (bicyclic) bond motifs is 1. The number of hydrogen-bond acceptors (Lipinski definition) is 6. The molecular formula is C17H20N2O5. The third-order valence-electron chi connectivity index (χ3n) is 3.71. The van der Waals surface area contributed by atoms with Gasteiger partial charge in [0.1, 0.15) is 11.5 Å². The van der Waals surface area contributed by atoms with Crippen molar-refractivity contribution in [3.05, 3.63) is 39.2 Å². The zero-order valence-corrected chi connectivity index (χ0v) is 13.9. The number of phenols is 1. The highest BCUT2D eigenvalue weighted by Gasteiger charge is 2.18. The fraction of sp³-hybridized carbons (Fsp3) is 0.353. The molecule has 2 N–H and O–H groups in total. The van der Waals surface area contributed by atoms with Gasteiger partial charge >= 0.3 is 0 Å². The SMILES string of the molecule is Cc1oc2c(C=O)c(O)ccc2c(=O)c1CC(=O)NCCN(C)C. The predicted molar refractivity (Wildman–Crippen MR) is 89.5 cm³/mol. The third-order valence-corrected chi connectivity index (χ3v) is 3.71. The quantitative estimate of drug-likeness (QED) is 0.761. The first-order chi connectivity index (χ1) is 11.3. The largest absolute Gasteiger partial charge is 0.507 e. The van der Waals surface area contributed by atoms with Gasteiger partial charge in [-0.1, -0.05) is 0 Å². The van der Waals surface area contributed by atoms with Crippen molar-refractivity contribution < 1.29 is 19.1 Å². The van der Waals surface area contributed by atoms with Crippen molar-refractivity contribution in [1.82, 2.24) is 10.2 Å². The molecule has 0 atom stereocenters. The number of amides is 1. The number of carbonyl (C=O) groups is 2. The van der Waals surface area contributed by atoms with Crippen LogP contribution in [0.4, 0.5) is 0 Å². The summed E-state index contributed by atoms with van der Waals surface area (Å²) in [6.45, 7) is 2.73. The third kappa shape index (κ3) is 3.62. The lowest BCUT2D eigenvalue weighted by atomic mass is 10.0. The molecule has 0 aliphatic heterocycles. The van der Waals surface area contributed by atoms with E-state index >= 15 is 0 Å². The molecule has 0 saturated heterocycles. The van der Waals surface area contributed by atoms with Gasteiger partial charge in [-0.25, -0.2) is 0 Å². The van der Waals surface area contributed by atoms with Gasteiger partial charge in [0.15, 0.2) is 17.3 Å². The molecule has 0 spiro atoms. The van der Waals surface area contributed by atoms with Crippen LogP contribution in [0.25, 0.3) is 11.0 Å². The van der Waals surface area contributed by atoms with Gasteiger partial charge in [0.25, 0.3) is 0 Å². The first-order valence-corrected chi connectivity index (χ1v) is 7.50. The van der Waals surface area contributed by atoms with E-state index in [4.69, 9.17) is 4.42 Å². The van der Waals surface area contributed by atoms with E-state index in [0.29, 0.717) is 19.4 Å². The number of aromatic hydroxyl groups is 1. The molecule has 2 rings (SSSR count). The average molecular weight is 332 g/mol. The van der Waals surface area contributed by atoms with Crippen molar-refractivity contribution in [3.8, 4) is 5.75 Å². The summed E-state index contributed by atoms with van der Waals surface area (Å²) in [7, 11) is 3.79. The Hall–Kier alpha value is -2.67. The fourth-order valence-electron chi connectivity index (χ4n) is 2.38. The molecule has 1 heterocycles. The maximum absolute atomic E-state index is 12.6. The molecule has 0 unspecified atom stereocenters. The highest BCUT2D eigenvalue weighted by Crippen LogP contribution is 2.25. The van der Waals surface area contributed by atoms with E-state index in [0.717, 1.165) is 0 Å². The molecule has 0 fully saturated rings. The van der Waals surface area contributed by atoms with Gasteiger partial charge in [0.05, 0.1) is 17.4 Å². The van der Waals surface area contributed by atoms with E-state index in [9.17, 15) is 19.5 Å². The van der Waals surface area contributed by atoms with Crippen LogP contribution in [0, 0.1) is 6.92 Å². The summed E-state index contributed by atoms with van der Waals surface area (Å²) < 4.78 is 5.54. The minimum Gasteiger partial charge on any atom is -0.507 e. The van der Waals surface area contributed by atoms with E-state index in [2.05, 4.69) is 5.32 Å². The molecule has 128 valence electrons. The summed E-state index contributed by atoms with van der Waals surface area (Å²) in [6, 6.07) is 2.65. The Morgan fingerprint density at radius 2 is 2.08 bits per heavy atom. The topological polar surface area (TPSA) is 99.8 Å². The van der Waals surface area contributed by atoms with Crippen molar-refractivity contribution in [2.24, 2.45) is 0 Å². The number of hydrogen-bond donors (Lipinski definition) is 2. The molecule has 0 saturated carbocycles. The van der Waals surface area contributed by atoms with Gasteiger partial charge in [0.2, 0.25) is 5.91 Å². The van der Waals surface area contributed by atoms with Gasteiger partial charge in [-0.3, -0.25) is 14.4 Å². The highest BCUT2D eigenvalue weighted by molar-refractivity contribution is 5.97. The first-order valence-electron chi connectivity index (χ1n) is 7.50. The van der Waals surface area contributed by atoms with Crippen molar-refractivity contribution >= 4 is 23.2 Å². The van der Waals surface area contributed by atoms with Crippen LogP contribution in [0.5, 0.6) is 5.75 Å². The molecule has 0 aliphatic carbocycles. The monoisotopic (exact) mass is 332 g/mol. The summed E-state index contributed by atoms with van der Waals surface area (Å²) in [5, 5.41) is 12.6. The van der Waals surface area contributed by atoms with Crippen LogP contribution in [0.1, 0.15) is 21.7 Å². The van der Waals surface area contributed by atoms with Gasteiger partial charge in [0, 0.05) is 18.7 Å². The second-order valence-corrected chi connectivity index (χ2v) is 5.79. The minimum absolute atomic E-state index is 0.0317. The average Bonchev–Trinajstić information content (AvgIpc) is 2.51. The number of likely N-dealkylation sites (N-methyl/N-ethyl adjacent to an activating group) is 1. The molecule has 7 heteroatoms. The summed E-state index contributed by atoms with van der Waals surface area (Å²) in [6.07, 6.45) is 0.336. The number of benzene rings is 1. The van der Waals surface area contributed by atoms with E-state index in [-0.39, 0.29) is 51.4 Å². The molecule has 1 aromatic heterocycles. The van der Waals surface area contributed by atoms with Crippen molar-refractivity contribution in [3.63, 3.8) is 0 Å². The molecular weight excluding hydrogens is 312 g/mol. The lowest BCUT2D eigenvalue weighted by Gasteiger charge is -2.11. The zero-order chi connectivity index (χ0) is 17.9. The minimum atomic E-state index is -0.375. The first kappa shape index (κ1) is 17.7. The molecule has 1 aromatic carbocycles. The van der Waals surface area contributed by atoms with Gasteiger partial charge < -0.3 is 19.7 Å². The molecule has 0 aliphatic rings. The van der Waals surface area contributed by atoms with Crippen LogP contribution >= 0.6 is 0 Å². The maximum atomic E-state index is 12.6. The van der Waals surface area contributed by atoms with Crippen LogP contribution in [0.15, 0.2) is 21.3 Å². The highest BCUT2D eigenvalue weighted by atomic mass is 16.3. The van der Waals surface area contributed by atoms with E-state index in [1.165, 1.54) is 12.1 Å². The van der Waals surface area contributed by atoms with Crippen molar-refractivity contribution in [2.75, 3.05) is 27.2 Å². The number of rotatable bonds is 6. The smallest absolute Gasteiger partial charge is 0.224 e. The predicted octanol–water partition coefficient (Wildman–Crippen LogP) is 0.840. The van der Waals surface area contributed by atoms with Crippen molar-refractivity contribution in [2.45, 2.75) is 13.3 Å². The summed E-state index contributed by atoms with van der Waals surface area (Å²) >= 11 is 0. The van der Waals surface area contributed by atoms with E-state index in [1.807, 2.05) is 19.0 Å². The molecule has 24 heavy (non-hydrogen) atoms. The Morgan fingerprint density at radius 3 is 2.71 bits per heavy atom. The van der Waals surface area contributed by atoms with Gasteiger partial charge in [-0.15, -0.1) is 0 Å². The lowest BCUT2D eigenvalue weighted by Crippen LogP contribution is -2.33. The van der Waals surface area contributed by atoms with Crippen LogP contribution in [0.2, 0.25) is 0 Å². The van der Waals surface area contributed by atoms with Gasteiger partial charge in [-0.05, 0) is 33.2 Å². The number of aldehydes is 1. The zero-order valence-electron chi connectivity index (χ0n) is 13.9. The maximum Gasteiger partial charge on any atom is 0.224 e. The number of phenolic OH excluding ortho intramolecular Hbond substituents is 1. The summed E-state index contributed by atoms with van der Waals surface area (Å²) in [5.41, 5.74) is -0.175. The van der Waals surface area contributed by atoms with Crippen LogP contribution in [-0.2, 0) is 11.2 Å². The van der Waals surface area contributed by atoms with E-state index < -0.39 is 0 Å². The van der Waals surface area contributed by atoms with E-state index in [1.54, 1.807) is 6.92 Å².